The molecule has 1 aromatic rings. The van der Waals surface area contributed by atoms with Gasteiger partial charge in [0.05, 0.1) is 12.1 Å². The Bertz CT molecular complexity index is 484. The number of ether oxygens (including phenoxy) is 1. The monoisotopic (exact) mass is 277 g/mol. The van der Waals surface area contributed by atoms with Crippen LogP contribution in [0.3, 0.4) is 0 Å². The van der Waals surface area contributed by atoms with Gasteiger partial charge in [0.25, 0.3) is 0 Å². The number of nitrogens with zero attached hydrogens (tertiary/aromatic N) is 2. The van der Waals surface area contributed by atoms with Crippen LogP contribution in [0.1, 0.15) is 32.6 Å². The molecule has 1 amide bonds. The lowest BCUT2D eigenvalue weighted by Crippen LogP contribution is -2.42. The van der Waals surface area contributed by atoms with E-state index in [1.165, 1.54) is 6.33 Å². The molecule has 0 aliphatic rings. The molecule has 9 nitrogen and oxygen atoms in total. The molecule has 0 radical (unpaired) electrons. The zero-order chi connectivity index (χ0) is 13.8. The minimum absolute atomic E-state index is 0.331. The molecule has 3 N–H and O–H groups in total. The predicted octanol–water partition coefficient (Wildman–Crippen LogP) is -0.165. The topological polar surface area (TPSA) is 126 Å². The Labute approximate surface area is 105 Å². The maximum atomic E-state index is 11.5. The van der Waals surface area contributed by atoms with Gasteiger partial charge in [0.2, 0.25) is 0 Å². The van der Waals surface area contributed by atoms with E-state index in [9.17, 15) is 13.2 Å². The molecule has 10 heteroatoms. The van der Waals surface area contributed by atoms with E-state index in [0.717, 1.165) is 0 Å². The standard InChI is InChI=1S/C8H15N5O4S/c1-5(2)17-8(14)13-18(15,16)12-6(3)7-9-4-10-11-7/h4-6,12H,1-3H3,(H,13,14)(H,9,10,11). The molecule has 0 spiro atoms. The van der Waals surface area contributed by atoms with E-state index >= 15 is 0 Å². The Morgan fingerprint density at radius 3 is 2.61 bits per heavy atom. The number of nitrogens with one attached hydrogen (secondary N) is 3. The minimum Gasteiger partial charge on any atom is -0.446 e. The second-order valence-electron chi connectivity index (χ2n) is 3.77. The van der Waals surface area contributed by atoms with Gasteiger partial charge >= 0.3 is 16.3 Å². The molecule has 1 atom stereocenters. The number of H-pyrrole nitrogens is 1. The van der Waals surface area contributed by atoms with Crippen molar-refractivity contribution < 1.29 is 17.9 Å². The van der Waals surface area contributed by atoms with Gasteiger partial charge in [-0.15, -0.1) is 0 Å². The number of hydrogen-bond acceptors (Lipinski definition) is 6. The lowest BCUT2D eigenvalue weighted by Gasteiger charge is -2.13. The summed E-state index contributed by atoms with van der Waals surface area (Å²) in [5.74, 6) is 0.331. The first-order chi connectivity index (χ1) is 8.30. The van der Waals surface area contributed by atoms with Crippen LogP contribution in [0, 0.1) is 0 Å². The van der Waals surface area contributed by atoms with E-state index in [4.69, 9.17) is 0 Å². The molecule has 0 aliphatic heterocycles. The molecule has 0 bridgehead atoms. The molecule has 102 valence electrons. The Kier molecular flexibility index (Phi) is 4.62. The molecule has 1 unspecified atom stereocenters. The molecule has 0 aliphatic carbocycles. The molecular formula is C8H15N5O4S. The Morgan fingerprint density at radius 1 is 1.44 bits per heavy atom. The van der Waals surface area contributed by atoms with E-state index in [1.54, 1.807) is 25.5 Å². The third kappa shape index (κ3) is 4.67. The fourth-order valence-electron chi connectivity index (χ4n) is 1.09. The molecule has 18 heavy (non-hydrogen) atoms. The van der Waals surface area contributed by atoms with Crippen molar-refractivity contribution in [3.63, 3.8) is 0 Å². The summed E-state index contributed by atoms with van der Waals surface area (Å²) in [6.07, 6.45) is -0.199. The van der Waals surface area contributed by atoms with Crippen LogP contribution in [0.15, 0.2) is 6.33 Å². The summed E-state index contributed by atoms with van der Waals surface area (Å²) in [6.45, 7) is 4.76. The largest absolute Gasteiger partial charge is 0.446 e. The molecule has 1 aromatic heterocycles. The molecule has 1 rings (SSSR count). The second kappa shape index (κ2) is 5.78. The molecular weight excluding hydrogens is 262 g/mol. The highest BCUT2D eigenvalue weighted by Gasteiger charge is 2.20. The van der Waals surface area contributed by atoms with E-state index in [1.807, 2.05) is 0 Å². The van der Waals surface area contributed by atoms with Crippen molar-refractivity contribution in [3.05, 3.63) is 12.2 Å². The minimum atomic E-state index is -4.01. The zero-order valence-electron chi connectivity index (χ0n) is 10.2. The Balaban J connectivity index is 2.57. The summed E-state index contributed by atoms with van der Waals surface area (Å²) in [5.41, 5.74) is 0. The lowest BCUT2D eigenvalue weighted by molar-refractivity contribution is 0.121. The van der Waals surface area contributed by atoms with Crippen LogP contribution in [-0.4, -0.2) is 35.8 Å². The van der Waals surface area contributed by atoms with Crippen molar-refractivity contribution in [2.75, 3.05) is 0 Å². The number of aromatic nitrogens is 3. The Morgan fingerprint density at radius 2 is 2.11 bits per heavy atom. The van der Waals surface area contributed by atoms with Crippen molar-refractivity contribution in [1.82, 2.24) is 24.6 Å². The summed E-state index contributed by atoms with van der Waals surface area (Å²) in [7, 11) is -4.01. The SMILES string of the molecule is CC(C)OC(=O)NS(=O)(=O)NC(C)c1ncn[nH]1. The first kappa shape index (κ1) is 14.4. The summed E-state index contributed by atoms with van der Waals surface area (Å²) >= 11 is 0. The van der Waals surface area contributed by atoms with Gasteiger partial charge in [0, 0.05) is 0 Å². The molecule has 0 aromatic carbocycles. The van der Waals surface area contributed by atoms with Crippen molar-refractivity contribution in [1.29, 1.82) is 0 Å². The number of rotatable bonds is 5. The van der Waals surface area contributed by atoms with Crippen molar-refractivity contribution in [2.24, 2.45) is 0 Å². The molecule has 0 fully saturated rings. The highest BCUT2D eigenvalue weighted by Crippen LogP contribution is 2.05. The van der Waals surface area contributed by atoms with Gasteiger partial charge in [0.1, 0.15) is 12.2 Å². The van der Waals surface area contributed by atoms with Crippen LogP contribution >= 0.6 is 0 Å². The van der Waals surface area contributed by atoms with Gasteiger partial charge in [-0.1, -0.05) is 0 Å². The van der Waals surface area contributed by atoms with Gasteiger partial charge in [-0.25, -0.2) is 14.5 Å². The first-order valence-electron chi connectivity index (χ1n) is 5.16. The Hall–Kier alpha value is -1.68. The van der Waals surface area contributed by atoms with E-state index in [0.29, 0.717) is 5.82 Å². The first-order valence-corrected chi connectivity index (χ1v) is 6.64. The maximum absolute atomic E-state index is 11.5. The maximum Gasteiger partial charge on any atom is 0.422 e. The summed E-state index contributed by atoms with van der Waals surface area (Å²) in [5, 5.41) is 6.10. The number of hydrogen-bond donors (Lipinski definition) is 3. The van der Waals surface area contributed by atoms with E-state index < -0.39 is 28.4 Å². The lowest BCUT2D eigenvalue weighted by atomic mass is 10.3. The van der Waals surface area contributed by atoms with E-state index in [2.05, 4.69) is 24.6 Å². The fourth-order valence-corrected chi connectivity index (χ4v) is 1.99. The second-order valence-corrected chi connectivity index (χ2v) is 5.22. The average Bonchev–Trinajstić information content (AvgIpc) is 2.65. The predicted molar refractivity (Wildman–Crippen MR) is 61.6 cm³/mol. The van der Waals surface area contributed by atoms with Crippen LogP contribution < -0.4 is 9.44 Å². The quantitative estimate of drug-likeness (QED) is 0.686. The number of aromatic amines is 1. The van der Waals surface area contributed by atoms with Crippen LogP contribution in [-0.2, 0) is 14.9 Å². The molecule has 0 saturated carbocycles. The zero-order valence-corrected chi connectivity index (χ0v) is 11.0. The number of amides is 1. The van der Waals surface area contributed by atoms with Gasteiger partial charge in [0.15, 0.2) is 0 Å². The summed E-state index contributed by atoms with van der Waals surface area (Å²) in [4.78, 5) is 14.9. The van der Waals surface area contributed by atoms with Crippen LogP contribution in [0.5, 0.6) is 0 Å². The van der Waals surface area contributed by atoms with Crippen molar-refractivity contribution in [3.8, 4) is 0 Å². The molecule has 0 saturated heterocycles. The smallest absolute Gasteiger partial charge is 0.422 e. The fraction of sp³-hybridized carbons (Fsp3) is 0.625. The van der Waals surface area contributed by atoms with Gasteiger partial charge in [-0.3, -0.25) is 5.10 Å². The van der Waals surface area contributed by atoms with Crippen LogP contribution in [0.4, 0.5) is 4.79 Å². The van der Waals surface area contributed by atoms with Gasteiger partial charge < -0.3 is 4.74 Å². The third-order valence-corrected chi connectivity index (χ3v) is 2.84. The summed E-state index contributed by atoms with van der Waals surface area (Å²) in [6, 6.07) is -0.656. The van der Waals surface area contributed by atoms with Gasteiger partial charge in [-0.2, -0.15) is 18.2 Å². The molecule has 1 heterocycles. The van der Waals surface area contributed by atoms with Crippen molar-refractivity contribution >= 4 is 16.3 Å². The third-order valence-electron chi connectivity index (χ3n) is 1.74. The highest BCUT2D eigenvalue weighted by molar-refractivity contribution is 7.88. The normalized spacial score (nSPS) is 13.3. The highest BCUT2D eigenvalue weighted by atomic mass is 32.2. The van der Waals surface area contributed by atoms with Gasteiger partial charge in [-0.05, 0) is 20.8 Å². The van der Waals surface area contributed by atoms with Crippen molar-refractivity contribution in [2.45, 2.75) is 32.9 Å². The summed E-state index contributed by atoms with van der Waals surface area (Å²) < 4.78 is 31.6. The van der Waals surface area contributed by atoms with Crippen LogP contribution in [0.25, 0.3) is 0 Å². The average molecular weight is 277 g/mol. The number of carbonyl (C=O) groups is 1. The van der Waals surface area contributed by atoms with Crippen LogP contribution in [0.2, 0.25) is 0 Å². The van der Waals surface area contributed by atoms with E-state index in [-0.39, 0.29) is 0 Å². The number of carbonyl (C=O) groups excluding carboxylic acids is 1.